The molecule has 1 aliphatic heterocycles. The van der Waals surface area contributed by atoms with Crippen LogP contribution in [0.3, 0.4) is 0 Å². The van der Waals surface area contributed by atoms with Crippen molar-refractivity contribution in [3.05, 3.63) is 23.8 Å². The van der Waals surface area contributed by atoms with Gasteiger partial charge in [-0.15, -0.1) is 0 Å². The van der Waals surface area contributed by atoms with Crippen molar-refractivity contribution >= 4 is 5.91 Å². The van der Waals surface area contributed by atoms with Gasteiger partial charge in [0.25, 0.3) is 0 Å². The fraction of sp³-hybridized carbons (Fsp3) is 0.533. The number of carbonyl (C=O) groups is 1. The Labute approximate surface area is 114 Å². The summed E-state index contributed by atoms with van der Waals surface area (Å²) in [4.78, 5) is 11.7. The zero-order valence-corrected chi connectivity index (χ0v) is 11.6. The summed E-state index contributed by atoms with van der Waals surface area (Å²) >= 11 is 0. The monoisotopic (exact) mass is 263 g/mol. The molecule has 1 aromatic rings. The van der Waals surface area contributed by atoms with E-state index in [0.29, 0.717) is 19.6 Å². The lowest BCUT2D eigenvalue weighted by Gasteiger charge is -2.20. The molecule has 0 aliphatic carbocycles. The summed E-state index contributed by atoms with van der Waals surface area (Å²) in [7, 11) is 0. The van der Waals surface area contributed by atoms with Gasteiger partial charge in [0.1, 0.15) is 13.2 Å². The Balaban J connectivity index is 1.99. The van der Waals surface area contributed by atoms with E-state index in [0.717, 1.165) is 30.0 Å². The molecule has 19 heavy (non-hydrogen) atoms. The highest BCUT2D eigenvalue weighted by molar-refractivity contribution is 5.76. The first kappa shape index (κ1) is 13.7. The first-order valence-electron chi connectivity index (χ1n) is 6.87. The number of fused-ring (bicyclic) bond motifs is 1. The number of ether oxygens (including phenoxy) is 2. The summed E-state index contributed by atoms with van der Waals surface area (Å²) in [5.41, 5.74) is 1.11. The van der Waals surface area contributed by atoms with Gasteiger partial charge in [0.15, 0.2) is 11.5 Å². The maximum atomic E-state index is 11.7. The molecule has 0 saturated heterocycles. The summed E-state index contributed by atoms with van der Waals surface area (Å²) in [6, 6.07) is 5.90. The van der Waals surface area contributed by atoms with Crippen LogP contribution in [0.25, 0.3) is 0 Å². The molecule has 1 amide bonds. The first-order valence-corrected chi connectivity index (χ1v) is 6.87. The molecule has 0 fully saturated rings. The minimum absolute atomic E-state index is 0.101. The second kappa shape index (κ2) is 6.45. The van der Waals surface area contributed by atoms with Gasteiger partial charge in [0, 0.05) is 13.0 Å². The maximum Gasteiger partial charge on any atom is 0.220 e. The van der Waals surface area contributed by atoms with Crippen LogP contribution in [0, 0.1) is 0 Å². The van der Waals surface area contributed by atoms with E-state index in [4.69, 9.17) is 9.47 Å². The lowest BCUT2D eigenvalue weighted by atomic mass is 9.97. The van der Waals surface area contributed by atoms with Crippen LogP contribution in [0.5, 0.6) is 11.5 Å². The minimum Gasteiger partial charge on any atom is -0.486 e. The summed E-state index contributed by atoms with van der Waals surface area (Å²) in [6.07, 6.45) is 1.46. The van der Waals surface area contributed by atoms with Crippen LogP contribution in [0.15, 0.2) is 18.2 Å². The van der Waals surface area contributed by atoms with Crippen LogP contribution in [-0.2, 0) is 4.79 Å². The highest BCUT2D eigenvalue weighted by Crippen LogP contribution is 2.33. The molecule has 0 saturated carbocycles. The molecule has 1 unspecified atom stereocenters. The van der Waals surface area contributed by atoms with Crippen molar-refractivity contribution in [2.24, 2.45) is 0 Å². The van der Waals surface area contributed by atoms with Crippen molar-refractivity contribution in [2.45, 2.75) is 32.6 Å². The fourth-order valence-electron chi connectivity index (χ4n) is 2.10. The molecule has 1 heterocycles. The highest BCUT2D eigenvalue weighted by Gasteiger charge is 2.16. The topological polar surface area (TPSA) is 47.6 Å². The lowest BCUT2D eigenvalue weighted by Crippen LogP contribution is -2.25. The molecule has 1 aliphatic rings. The standard InChI is InChI=1S/C15H21NO3/c1-3-6-16-15(17)9-11(2)12-4-5-13-14(10-12)19-8-7-18-13/h4-5,10-11H,3,6-9H2,1-2H3,(H,16,17). The first-order chi connectivity index (χ1) is 9.20. The summed E-state index contributed by atoms with van der Waals surface area (Å²) in [6.45, 7) is 6.03. The number of benzene rings is 1. The van der Waals surface area contributed by atoms with Crippen LogP contribution in [0.2, 0.25) is 0 Å². The van der Waals surface area contributed by atoms with Gasteiger partial charge >= 0.3 is 0 Å². The quantitative estimate of drug-likeness (QED) is 0.887. The van der Waals surface area contributed by atoms with E-state index in [1.54, 1.807) is 0 Å². The fourth-order valence-corrected chi connectivity index (χ4v) is 2.10. The number of rotatable bonds is 5. The second-order valence-electron chi connectivity index (χ2n) is 4.86. The molecule has 1 aromatic carbocycles. The van der Waals surface area contributed by atoms with Gasteiger partial charge in [-0.25, -0.2) is 0 Å². The van der Waals surface area contributed by atoms with E-state index in [1.807, 2.05) is 25.1 Å². The Hall–Kier alpha value is -1.71. The third-order valence-corrected chi connectivity index (χ3v) is 3.20. The van der Waals surface area contributed by atoms with Gasteiger partial charge in [-0.2, -0.15) is 0 Å². The molecule has 1 atom stereocenters. The van der Waals surface area contributed by atoms with Gasteiger partial charge in [0.2, 0.25) is 5.91 Å². The van der Waals surface area contributed by atoms with Crippen LogP contribution in [0.4, 0.5) is 0 Å². The van der Waals surface area contributed by atoms with E-state index in [1.165, 1.54) is 0 Å². The van der Waals surface area contributed by atoms with Crippen molar-refractivity contribution in [1.82, 2.24) is 5.32 Å². The highest BCUT2D eigenvalue weighted by atomic mass is 16.6. The zero-order valence-electron chi connectivity index (χ0n) is 11.6. The van der Waals surface area contributed by atoms with E-state index >= 15 is 0 Å². The Morgan fingerprint density at radius 3 is 2.79 bits per heavy atom. The van der Waals surface area contributed by atoms with E-state index in [-0.39, 0.29) is 11.8 Å². The number of amides is 1. The van der Waals surface area contributed by atoms with Gasteiger partial charge in [-0.1, -0.05) is 19.9 Å². The summed E-state index contributed by atoms with van der Waals surface area (Å²) in [5, 5.41) is 2.90. The molecule has 1 N–H and O–H groups in total. The predicted molar refractivity (Wildman–Crippen MR) is 73.8 cm³/mol. The average Bonchev–Trinajstić information content (AvgIpc) is 2.44. The van der Waals surface area contributed by atoms with Crippen molar-refractivity contribution in [3.8, 4) is 11.5 Å². The molecular weight excluding hydrogens is 242 g/mol. The van der Waals surface area contributed by atoms with Gasteiger partial charge in [-0.05, 0) is 30.0 Å². The molecular formula is C15H21NO3. The van der Waals surface area contributed by atoms with Crippen LogP contribution < -0.4 is 14.8 Å². The van der Waals surface area contributed by atoms with Gasteiger partial charge < -0.3 is 14.8 Å². The summed E-state index contributed by atoms with van der Waals surface area (Å²) < 4.78 is 11.0. The minimum atomic E-state index is 0.101. The molecule has 4 nitrogen and oxygen atoms in total. The Kier molecular flexibility index (Phi) is 4.66. The summed E-state index contributed by atoms with van der Waals surface area (Å²) in [5.74, 6) is 1.85. The normalized spacial score (nSPS) is 14.8. The van der Waals surface area contributed by atoms with Crippen molar-refractivity contribution in [1.29, 1.82) is 0 Å². The third kappa shape index (κ3) is 3.63. The van der Waals surface area contributed by atoms with E-state index in [2.05, 4.69) is 12.2 Å². The Morgan fingerprint density at radius 2 is 2.05 bits per heavy atom. The molecule has 0 radical (unpaired) electrons. The molecule has 0 aromatic heterocycles. The third-order valence-electron chi connectivity index (χ3n) is 3.20. The largest absolute Gasteiger partial charge is 0.486 e. The average molecular weight is 263 g/mol. The van der Waals surface area contributed by atoms with E-state index < -0.39 is 0 Å². The molecule has 104 valence electrons. The van der Waals surface area contributed by atoms with Crippen molar-refractivity contribution in [2.75, 3.05) is 19.8 Å². The Morgan fingerprint density at radius 1 is 1.32 bits per heavy atom. The predicted octanol–water partition coefficient (Wildman–Crippen LogP) is 2.48. The number of nitrogens with one attached hydrogen (secondary N) is 1. The number of hydrogen-bond acceptors (Lipinski definition) is 3. The Bertz CT molecular complexity index is 445. The van der Waals surface area contributed by atoms with Gasteiger partial charge in [0.05, 0.1) is 0 Å². The maximum absolute atomic E-state index is 11.7. The lowest BCUT2D eigenvalue weighted by molar-refractivity contribution is -0.121. The molecule has 0 spiro atoms. The second-order valence-corrected chi connectivity index (χ2v) is 4.86. The van der Waals surface area contributed by atoms with Crippen molar-refractivity contribution < 1.29 is 14.3 Å². The zero-order chi connectivity index (χ0) is 13.7. The number of hydrogen-bond donors (Lipinski definition) is 1. The van der Waals surface area contributed by atoms with Crippen LogP contribution >= 0.6 is 0 Å². The smallest absolute Gasteiger partial charge is 0.220 e. The van der Waals surface area contributed by atoms with Crippen LogP contribution in [0.1, 0.15) is 38.2 Å². The van der Waals surface area contributed by atoms with Crippen LogP contribution in [-0.4, -0.2) is 25.7 Å². The molecule has 4 heteroatoms. The van der Waals surface area contributed by atoms with E-state index in [9.17, 15) is 4.79 Å². The number of carbonyl (C=O) groups excluding carboxylic acids is 1. The van der Waals surface area contributed by atoms with Gasteiger partial charge in [-0.3, -0.25) is 4.79 Å². The SMILES string of the molecule is CCCNC(=O)CC(C)c1ccc2c(c1)OCCO2. The molecule has 0 bridgehead atoms. The van der Waals surface area contributed by atoms with Crippen molar-refractivity contribution in [3.63, 3.8) is 0 Å². The molecule has 2 rings (SSSR count).